The molecular formula is C23H24N2O3. The minimum absolute atomic E-state index is 0.00341. The van der Waals surface area contributed by atoms with Crippen molar-refractivity contribution in [3.05, 3.63) is 71.8 Å². The van der Waals surface area contributed by atoms with E-state index < -0.39 is 0 Å². The quantitative estimate of drug-likeness (QED) is 0.709. The molecule has 0 fully saturated rings. The Balaban J connectivity index is 1.37. The average Bonchev–Trinajstić information content (AvgIpc) is 3.15. The third kappa shape index (κ3) is 3.94. The third-order valence-electron chi connectivity index (χ3n) is 4.97. The molecule has 1 atom stereocenters. The smallest absolute Gasteiger partial charge is 0.234 e. The van der Waals surface area contributed by atoms with Crippen LogP contribution in [0.1, 0.15) is 24.1 Å². The van der Waals surface area contributed by atoms with Crippen molar-refractivity contribution in [2.24, 2.45) is 0 Å². The maximum absolute atomic E-state index is 12.6. The summed E-state index contributed by atoms with van der Waals surface area (Å²) in [7, 11) is 1.94. The standard InChI is InChI=1S/C23H24N2O3/c1-16(19-9-5-7-18-6-3-4-8-20(18)19)24-23(26)14-25(2)13-17-10-11-21-22(12-17)28-15-27-21/h3-12,16H,13-15H2,1-2H3,(H,24,26). The van der Waals surface area contributed by atoms with Crippen LogP contribution in [-0.2, 0) is 11.3 Å². The largest absolute Gasteiger partial charge is 0.454 e. The molecule has 5 nitrogen and oxygen atoms in total. The Hall–Kier alpha value is -3.05. The van der Waals surface area contributed by atoms with Crippen molar-refractivity contribution in [3.63, 3.8) is 0 Å². The summed E-state index contributed by atoms with van der Waals surface area (Å²) in [5.74, 6) is 1.54. The van der Waals surface area contributed by atoms with Crippen molar-refractivity contribution in [1.29, 1.82) is 0 Å². The van der Waals surface area contributed by atoms with Gasteiger partial charge in [0.25, 0.3) is 0 Å². The molecule has 1 unspecified atom stereocenters. The first-order chi connectivity index (χ1) is 13.6. The molecule has 1 aliphatic rings. The van der Waals surface area contributed by atoms with E-state index in [0.29, 0.717) is 13.1 Å². The zero-order valence-electron chi connectivity index (χ0n) is 16.1. The van der Waals surface area contributed by atoms with Gasteiger partial charge >= 0.3 is 0 Å². The van der Waals surface area contributed by atoms with Gasteiger partial charge in [0.1, 0.15) is 0 Å². The molecule has 3 aromatic rings. The van der Waals surface area contributed by atoms with Crippen molar-refractivity contribution in [2.45, 2.75) is 19.5 Å². The number of ether oxygens (including phenoxy) is 2. The van der Waals surface area contributed by atoms with E-state index in [2.05, 4.69) is 29.6 Å². The summed E-state index contributed by atoms with van der Waals surface area (Å²) in [4.78, 5) is 14.5. The van der Waals surface area contributed by atoms with Crippen LogP contribution in [0.25, 0.3) is 10.8 Å². The van der Waals surface area contributed by atoms with E-state index in [9.17, 15) is 4.79 Å². The van der Waals surface area contributed by atoms with Gasteiger partial charge in [0.15, 0.2) is 11.5 Å². The molecule has 3 aromatic carbocycles. The highest BCUT2D eigenvalue weighted by molar-refractivity contribution is 5.87. The van der Waals surface area contributed by atoms with Gasteiger partial charge in [0.05, 0.1) is 12.6 Å². The molecule has 0 bridgehead atoms. The van der Waals surface area contributed by atoms with Crippen LogP contribution in [0.2, 0.25) is 0 Å². The first-order valence-electron chi connectivity index (χ1n) is 9.44. The zero-order valence-corrected chi connectivity index (χ0v) is 16.1. The van der Waals surface area contributed by atoms with Gasteiger partial charge in [0.2, 0.25) is 12.7 Å². The van der Waals surface area contributed by atoms with Gasteiger partial charge in [0, 0.05) is 6.54 Å². The van der Waals surface area contributed by atoms with Crippen LogP contribution in [-0.4, -0.2) is 31.2 Å². The molecule has 4 rings (SSSR count). The minimum Gasteiger partial charge on any atom is -0.454 e. The van der Waals surface area contributed by atoms with E-state index in [1.54, 1.807) is 0 Å². The lowest BCUT2D eigenvalue weighted by Gasteiger charge is -2.20. The normalized spacial score (nSPS) is 13.7. The molecule has 1 heterocycles. The highest BCUT2D eigenvalue weighted by atomic mass is 16.7. The van der Waals surface area contributed by atoms with Gasteiger partial charge in [-0.1, -0.05) is 48.5 Å². The molecule has 0 radical (unpaired) electrons. The summed E-state index contributed by atoms with van der Waals surface area (Å²) in [6, 6.07) is 20.3. The highest BCUT2D eigenvalue weighted by Gasteiger charge is 2.16. The van der Waals surface area contributed by atoms with Gasteiger partial charge in [-0.25, -0.2) is 0 Å². The summed E-state index contributed by atoms with van der Waals surface area (Å²) < 4.78 is 10.8. The number of nitrogens with one attached hydrogen (secondary N) is 1. The van der Waals surface area contributed by atoms with Crippen LogP contribution in [0, 0.1) is 0 Å². The molecule has 1 aliphatic heterocycles. The summed E-state index contributed by atoms with van der Waals surface area (Å²) in [5.41, 5.74) is 2.21. The Morgan fingerprint density at radius 3 is 2.75 bits per heavy atom. The van der Waals surface area contributed by atoms with Crippen LogP contribution in [0.5, 0.6) is 11.5 Å². The van der Waals surface area contributed by atoms with Crippen molar-refractivity contribution in [1.82, 2.24) is 10.2 Å². The van der Waals surface area contributed by atoms with E-state index in [0.717, 1.165) is 22.6 Å². The summed E-state index contributed by atoms with van der Waals surface area (Å²) >= 11 is 0. The molecule has 0 aliphatic carbocycles. The van der Waals surface area contributed by atoms with Crippen LogP contribution < -0.4 is 14.8 Å². The predicted octanol–water partition coefficient (Wildman–Crippen LogP) is 3.88. The summed E-state index contributed by atoms with van der Waals surface area (Å²) in [5, 5.41) is 5.48. The average molecular weight is 376 g/mol. The second-order valence-corrected chi connectivity index (χ2v) is 7.22. The van der Waals surface area contributed by atoms with Crippen molar-refractivity contribution < 1.29 is 14.3 Å². The number of benzene rings is 3. The molecule has 0 aromatic heterocycles. The highest BCUT2D eigenvalue weighted by Crippen LogP contribution is 2.32. The van der Waals surface area contributed by atoms with Crippen molar-refractivity contribution in [2.75, 3.05) is 20.4 Å². The van der Waals surface area contributed by atoms with E-state index in [1.807, 2.05) is 55.3 Å². The van der Waals surface area contributed by atoms with E-state index in [-0.39, 0.29) is 18.7 Å². The number of nitrogens with zero attached hydrogens (tertiary/aromatic N) is 1. The number of rotatable bonds is 6. The summed E-state index contributed by atoms with van der Waals surface area (Å²) in [6.07, 6.45) is 0. The summed E-state index contributed by atoms with van der Waals surface area (Å²) in [6.45, 7) is 3.27. The SMILES string of the molecule is CC(NC(=O)CN(C)Cc1ccc2c(c1)OCO2)c1cccc2ccccc12. The minimum atomic E-state index is -0.0578. The number of fused-ring (bicyclic) bond motifs is 2. The van der Waals surface area contributed by atoms with Gasteiger partial charge in [-0.15, -0.1) is 0 Å². The molecule has 0 spiro atoms. The number of hydrogen-bond donors (Lipinski definition) is 1. The number of hydrogen-bond acceptors (Lipinski definition) is 4. The van der Waals surface area contributed by atoms with Gasteiger partial charge in [-0.2, -0.15) is 0 Å². The lowest BCUT2D eigenvalue weighted by molar-refractivity contribution is -0.122. The number of amides is 1. The maximum Gasteiger partial charge on any atom is 0.234 e. The Bertz CT molecular complexity index is 997. The Kier molecular flexibility index (Phi) is 5.17. The van der Waals surface area contributed by atoms with Crippen LogP contribution >= 0.6 is 0 Å². The number of carbonyl (C=O) groups excluding carboxylic acids is 1. The van der Waals surface area contributed by atoms with Crippen molar-refractivity contribution >= 4 is 16.7 Å². The molecule has 1 N–H and O–H groups in total. The van der Waals surface area contributed by atoms with Gasteiger partial charge < -0.3 is 14.8 Å². The first kappa shape index (κ1) is 18.3. The van der Waals surface area contributed by atoms with Crippen LogP contribution in [0.3, 0.4) is 0 Å². The fourth-order valence-corrected chi connectivity index (χ4v) is 3.64. The topological polar surface area (TPSA) is 50.8 Å². The van der Waals surface area contributed by atoms with Crippen LogP contribution in [0.15, 0.2) is 60.7 Å². The third-order valence-corrected chi connectivity index (χ3v) is 4.97. The van der Waals surface area contributed by atoms with Gasteiger partial charge in [-0.3, -0.25) is 9.69 Å². The molecule has 144 valence electrons. The van der Waals surface area contributed by atoms with E-state index in [4.69, 9.17) is 9.47 Å². The second-order valence-electron chi connectivity index (χ2n) is 7.22. The monoisotopic (exact) mass is 376 g/mol. The second kappa shape index (κ2) is 7.90. The van der Waals surface area contributed by atoms with Crippen LogP contribution in [0.4, 0.5) is 0 Å². The molecule has 1 amide bonds. The molecule has 28 heavy (non-hydrogen) atoms. The Morgan fingerprint density at radius 1 is 1.07 bits per heavy atom. The zero-order chi connectivity index (χ0) is 19.5. The predicted molar refractivity (Wildman–Crippen MR) is 109 cm³/mol. The lowest BCUT2D eigenvalue weighted by Crippen LogP contribution is -2.36. The molecule has 0 saturated heterocycles. The maximum atomic E-state index is 12.6. The Morgan fingerprint density at radius 2 is 1.86 bits per heavy atom. The van der Waals surface area contributed by atoms with E-state index >= 15 is 0 Å². The molecule has 5 heteroatoms. The Labute approximate surface area is 164 Å². The first-order valence-corrected chi connectivity index (χ1v) is 9.44. The van der Waals surface area contributed by atoms with Gasteiger partial charge in [-0.05, 0) is 48.0 Å². The number of likely N-dealkylation sites (N-methyl/N-ethyl adjacent to an activating group) is 1. The number of carbonyl (C=O) groups is 1. The molecular weight excluding hydrogens is 352 g/mol. The molecule has 0 saturated carbocycles. The fraction of sp³-hybridized carbons (Fsp3) is 0.261. The fourth-order valence-electron chi connectivity index (χ4n) is 3.64. The van der Waals surface area contributed by atoms with E-state index in [1.165, 1.54) is 10.8 Å². The lowest BCUT2D eigenvalue weighted by atomic mass is 10.00. The van der Waals surface area contributed by atoms with Crippen molar-refractivity contribution in [3.8, 4) is 11.5 Å².